The van der Waals surface area contributed by atoms with Crippen molar-refractivity contribution in [2.45, 2.75) is 23.5 Å². The second-order valence-corrected chi connectivity index (χ2v) is 9.73. The van der Waals surface area contributed by atoms with Crippen LogP contribution in [-0.4, -0.2) is 45.4 Å². The summed E-state index contributed by atoms with van der Waals surface area (Å²) in [4.78, 5) is 23.0. The molecule has 0 aromatic heterocycles. The molecule has 0 saturated carbocycles. The molecule has 0 fully saturated rings. The van der Waals surface area contributed by atoms with Crippen molar-refractivity contribution in [2.24, 2.45) is 0 Å². The number of carboxylic acids is 1. The van der Waals surface area contributed by atoms with Crippen LogP contribution in [0.4, 0.5) is 23.7 Å². The van der Waals surface area contributed by atoms with E-state index in [2.05, 4.69) is 10.0 Å². The van der Waals surface area contributed by atoms with Gasteiger partial charge in [0.15, 0.2) is 0 Å². The van der Waals surface area contributed by atoms with Gasteiger partial charge in [0, 0.05) is 5.69 Å². The average molecular weight is 552 g/mol. The molecule has 0 saturated heterocycles. The summed E-state index contributed by atoms with van der Waals surface area (Å²) in [5.41, 5.74) is 1.46. The van der Waals surface area contributed by atoms with Gasteiger partial charge >= 0.3 is 18.2 Å². The second kappa shape index (κ2) is 12.0. The van der Waals surface area contributed by atoms with Crippen LogP contribution in [0, 0.1) is 0 Å². The van der Waals surface area contributed by atoms with Gasteiger partial charge in [-0.2, -0.15) is 13.2 Å². The monoisotopic (exact) mass is 551 g/mol. The van der Waals surface area contributed by atoms with Crippen molar-refractivity contribution in [1.29, 1.82) is 0 Å². The van der Waals surface area contributed by atoms with Crippen LogP contribution in [0.1, 0.15) is 18.0 Å². The topological polar surface area (TPSA) is 134 Å². The number of carboxylic acid groups (broad SMARTS) is 1. The summed E-state index contributed by atoms with van der Waals surface area (Å²) in [6.45, 7) is -1.50. The predicted molar refractivity (Wildman–Crippen MR) is 133 cm³/mol. The van der Waals surface area contributed by atoms with Crippen LogP contribution in [0.5, 0.6) is 5.75 Å². The molecule has 3 aromatic carbocycles. The van der Waals surface area contributed by atoms with E-state index in [1.165, 1.54) is 37.4 Å². The third-order valence-corrected chi connectivity index (χ3v) is 6.73. The molecule has 1 unspecified atom stereocenters. The van der Waals surface area contributed by atoms with Gasteiger partial charge in [-0.3, -0.25) is 4.79 Å². The summed E-state index contributed by atoms with van der Waals surface area (Å²) >= 11 is 0. The molecule has 0 aliphatic heterocycles. The van der Waals surface area contributed by atoms with Gasteiger partial charge in [-0.15, -0.1) is 0 Å². The van der Waals surface area contributed by atoms with Crippen molar-refractivity contribution in [1.82, 2.24) is 10.0 Å². The number of methoxy groups -OCH3 is 1. The number of nitrogens with one attached hydrogen (secondary N) is 3. The van der Waals surface area contributed by atoms with E-state index in [9.17, 15) is 36.3 Å². The Morgan fingerprint density at radius 1 is 0.974 bits per heavy atom. The first-order chi connectivity index (χ1) is 17.9. The number of urea groups is 1. The molecule has 0 spiro atoms. The van der Waals surface area contributed by atoms with Gasteiger partial charge in [-0.05, 0) is 41.0 Å². The number of amides is 2. The normalized spacial score (nSPS) is 12.4. The first-order valence-corrected chi connectivity index (χ1v) is 12.6. The van der Waals surface area contributed by atoms with Gasteiger partial charge in [0.05, 0.1) is 19.6 Å². The molecule has 0 bridgehead atoms. The van der Waals surface area contributed by atoms with Gasteiger partial charge in [0.2, 0.25) is 10.0 Å². The number of alkyl halides is 3. The molecule has 202 valence electrons. The van der Waals surface area contributed by atoms with Crippen LogP contribution < -0.4 is 20.1 Å². The lowest BCUT2D eigenvalue weighted by Crippen LogP contribution is -2.36. The van der Waals surface area contributed by atoms with Gasteiger partial charge < -0.3 is 20.5 Å². The Labute approximate surface area is 216 Å². The van der Waals surface area contributed by atoms with Crippen LogP contribution in [0.3, 0.4) is 0 Å². The lowest BCUT2D eigenvalue weighted by Gasteiger charge is -2.19. The summed E-state index contributed by atoms with van der Waals surface area (Å²) in [6, 6.07) is 16.5. The number of sulfonamides is 1. The third kappa shape index (κ3) is 7.95. The first kappa shape index (κ1) is 28.5. The summed E-state index contributed by atoms with van der Waals surface area (Å²) in [7, 11) is -3.02. The highest BCUT2D eigenvalue weighted by Crippen LogP contribution is 2.32. The molecule has 2 amide bonds. The molecule has 0 aliphatic carbocycles. The van der Waals surface area contributed by atoms with E-state index in [0.29, 0.717) is 16.7 Å². The van der Waals surface area contributed by atoms with Crippen molar-refractivity contribution in [3.8, 4) is 16.9 Å². The highest BCUT2D eigenvalue weighted by Gasteiger charge is 2.28. The van der Waals surface area contributed by atoms with Gasteiger partial charge in [0.25, 0.3) is 0 Å². The highest BCUT2D eigenvalue weighted by atomic mass is 32.2. The quantitative estimate of drug-likeness (QED) is 0.292. The smallest absolute Gasteiger partial charge is 0.405 e. The molecule has 0 heterocycles. The molecule has 0 aliphatic rings. The Kier molecular flexibility index (Phi) is 8.96. The zero-order chi connectivity index (χ0) is 27.9. The van der Waals surface area contributed by atoms with E-state index in [-0.39, 0.29) is 16.3 Å². The number of ether oxygens (including phenoxy) is 1. The zero-order valence-electron chi connectivity index (χ0n) is 20.0. The highest BCUT2D eigenvalue weighted by molar-refractivity contribution is 7.89. The maximum Gasteiger partial charge on any atom is 0.405 e. The summed E-state index contributed by atoms with van der Waals surface area (Å²) in [6.07, 6.45) is -5.07. The molecule has 13 heteroatoms. The van der Waals surface area contributed by atoms with E-state index in [4.69, 9.17) is 4.74 Å². The van der Waals surface area contributed by atoms with Crippen LogP contribution in [0.2, 0.25) is 0 Å². The summed E-state index contributed by atoms with van der Waals surface area (Å²) in [5, 5.41) is 13.3. The van der Waals surface area contributed by atoms with Crippen molar-refractivity contribution in [3.63, 3.8) is 0 Å². The lowest BCUT2D eigenvalue weighted by atomic mass is 10.0. The fourth-order valence-corrected chi connectivity index (χ4v) is 4.96. The van der Waals surface area contributed by atoms with E-state index < -0.39 is 47.2 Å². The van der Waals surface area contributed by atoms with Gasteiger partial charge in [0.1, 0.15) is 17.2 Å². The summed E-state index contributed by atoms with van der Waals surface area (Å²) < 4.78 is 71.4. The van der Waals surface area contributed by atoms with Crippen molar-refractivity contribution < 1.29 is 41.0 Å². The number of benzene rings is 3. The van der Waals surface area contributed by atoms with Crippen molar-refractivity contribution in [3.05, 3.63) is 78.4 Å². The fourth-order valence-electron chi connectivity index (χ4n) is 3.54. The van der Waals surface area contributed by atoms with Crippen LogP contribution in [-0.2, 0) is 14.8 Å². The van der Waals surface area contributed by atoms with Crippen molar-refractivity contribution >= 4 is 27.7 Å². The van der Waals surface area contributed by atoms with Gasteiger partial charge in [-0.1, -0.05) is 48.5 Å². The van der Waals surface area contributed by atoms with E-state index in [1.807, 2.05) is 0 Å². The number of hydrogen-bond acceptors (Lipinski definition) is 5. The average Bonchev–Trinajstić information content (AvgIpc) is 2.86. The minimum absolute atomic E-state index is 0.00388. The molecule has 3 aromatic rings. The van der Waals surface area contributed by atoms with Crippen LogP contribution in [0.15, 0.2) is 77.7 Å². The molecule has 4 N–H and O–H groups in total. The maximum atomic E-state index is 13.4. The van der Waals surface area contributed by atoms with E-state index in [1.54, 1.807) is 47.8 Å². The Hall–Kier alpha value is -4.10. The minimum Gasteiger partial charge on any atom is -0.495 e. The molecule has 9 nitrogen and oxygen atoms in total. The number of anilines is 1. The number of rotatable bonds is 10. The largest absolute Gasteiger partial charge is 0.495 e. The Balaban J connectivity index is 1.91. The van der Waals surface area contributed by atoms with E-state index >= 15 is 0 Å². The molecular weight excluding hydrogens is 527 g/mol. The first-order valence-electron chi connectivity index (χ1n) is 11.1. The fraction of sp³-hybridized carbons (Fsp3) is 0.200. The number of carbonyl (C=O) groups is 2. The van der Waals surface area contributed by atoms with Gasteiger partial charge in [-0.25, -0.2) is 17.9 Å². The third-order valence-electron chi connectivity index (χ3n) is 5.23. The SMILES string of the molecule is COc1ccc(-c2cccc(NC(=O)NCC(F)(F)F)c2)cc1S(=O)(=O)NC(CC(=O)O)c1ccccc1. The Morgan fingerprint density at radius 3 is 2.29 bits per heavy atom. The summed E-state index contributed by atoms with van der Waals surface area (Å²) in [5.74, 6) is -1.20. The van der Waals surface area contributed by atoms with Crippen molar-refractivity contribution in [2.75, 3.05) is 19.0 Å². The molecule has 38 heavy (non-hydrogen) atoms. The number of halogens is 3. The number of hydrogen-bond donors (Lipinski definition) is 4. The standard InChI is InChI=1S/C25H24F3N3O6S/c1-37-21-11-10-18(17-8-5-9-19(12-17)30-24(34)29-15-25(26,27)28)13-22(21)38(35,36)31-20(14-23(32)33)16-6-3-2-4-7-16/h2-13,20,31H,14-15H2,1H3,(H,32,33)(H2,29,30,34). The molecule has 0 radical (unpaired) electrons. The lowest BCUT2D eigenvalue weighted by molar-refractivity contribution is -0.137. The minimum atomic E-state index is -4.57. The maximum absolute atomic E-state index is 13.4. The predicted octanol–water partition coefficient (Wildman–Crippen LogP) is 4.54. The molecular formula is C25H24F3N3O6S. The Bertz CT molecular complexity index is 1400. The van der Waals surface area contributed by atoms with Crippen LogP contribution >= 0.6 is 0 Å². The molecule has 3 rings (SSSR count). The van der Waals surface area contributed by atoms with Crippen LogP contribution in [0.25, 0.3) is 11.1 Å². The number of aliphatic carboxylic acids is 1. The van der Waals surface area contributed by atoms with E-state index in [0.717, 1.165) is 0 Å². The second-order valence-electron chi connectivity index (χ2n) is 8.05. The Morgan fingerprint density at radius 2 is 1.66 bits per heavy atom. The number of carbonyl (C=O) groups excluding carboxylic acids is 1. The zero-order valence-corrected chi connectivity index (χ0v) is 20.8. The molecule has 1 atom stereocenters.